The summed E-state index contributed by atoms with van der Waals surface area (Å²) in [5, 5.41) is 0. The van der Waals surface area contributed by atoms with Crippen LogP contribution in [0, 0.1) is 0 Å². The molecule has 0 bridgehead atoms. The lowest BCUT2D eigenvalue weighted by Crippen LogP contribution is -2.10. The van der Waals surface area contributed by atoms with E-state index in [0.29, 0.717) is 0 Å². The molecule has 0 fully saturated rings. The van der Waals surface area contributed by atoms with Gasteiger partial charge in [0.05, 0.1) is 11.1 Å². The summed E-state index contributed by atoms with van der Waals surface area (Å²) in [4.78, 5) is 11.2. The Labute approximate surface area is 94.2 Å². The van der Waals surface area contributed by atoms with Crippen molar-refractivity contribution in [3.63, 3.8) is 0 Å². The van der Waals surface area contributed by atoms with Gasteiger partial charge in [-0.1, -0.05) is 0 Å². The number of hydrogen-bond acceptors (Lipinski definition) is 3. The number of Topliss-reactive ketones (excluding diaryl/α,β-unsaturated/α-hetero) is 1. The normalized spacial score (nSPS) is 11.0. The molecule has 1 rings (SSSR count). The van der Waals surface area contributed by atoms with E-state index in [2.05, 4.69) is 4.74 Å². The van der Waals surface area contributed by atoms with Crippen molar-refractivity contribution in [2.24, 2.45) is 0 Å². The first-order valence-electron chi connectivity index (χ1n) is 4.50. The number of hydrogen-bond donors (Lipinski definition) is 1. The quantitative estimate of drug-likeness (QED) is 0.508. The molecule has 1 aromatic carbocycles. The van der Waals surface area contributed by atoms with Crippen molar-refractivity contribution in [3.8, 4) is 5.75 Å². The molecule has 1 aromatic rings. The number of anilines is 1. The minimum Gasteiger partial charge on any atom is -0.434 e. The molecule has 0 saturated carbocycles. The minimum atomic E-state index is -3.25. The van der Waals surface area contributed by atoms with E-state index >= 15 is 0 Å². The summed E-state index contributed by atoms with van der Waals surface area (Å²) in [6.07, 6.45) is -3.13. The fourth-order valence-electron chi connectivity index (χ4n) is 1.43. The zero-order valence-electron chi connectivity index (χ0n) is 8.72. The first-order chi connectivity index (χ1) is 7.84. The zero-order chi connectivity index (χ0) is 13.2. The van der Waals surface area contributed by atoms with E-state index in [0.717, 1.165) is 19.1 Å². The summed E-state index contributed by atoms with van der Waals surface area (Å²) in [6, 6.07) is 1.95. The van der Waals surface area contributed by atoms with E-state index in [1.54, 1.807) is 0 Å². The van der Waals surface area contributed by atoms with Gasteiger partial charge in [-0.05, 0) is 19.1 Å². The van der Waals surface area contributed by atoms with E-state index in [1.807, 2.05) is 0 Å². The van der Waals surface area contributed by atoms with Gasteiger partial charge in [0.15, 0.2) is 5.78 Å². The van der Waals surface area contributed by atoms with Gasteiger partial charge in [0, 0.05) is 5.69 Å². The molecule has 0 radical (unpaired) electrons. The number of rotatable bonds is 4. The van der Waals surface area contributed by atoms with Crippen LogP contribution in [0.4, 0.5) is 23.2 Å². The van der Waals surface area contributed by atoms with Gasteiger partial charge in [0.2, 0.25) is 0 Å². The summed E-state index contributed by atoms with van der Waals surface area (Å²) in [5.74, 6) is -1.48. The summed E-state index contributed by atoms with van der Waals surface area (Å²) in [5.41, 5.74) is 3.77. The molecule has 2 N–H and O–H groups in total. The minimum absolute atomic E-state index is 0.200. The second-order valence-electron chi connectivity index (χ2n) is 3.18. The van der Waals surface area contributed by atoms with E-state index in [4.69, 9.17) is 5.73 Å². The number of halogens is 4. The van der Waals surface area contributed by atoms with Gasteiger partial charge < -0.3 is 10.5 Å². The van der Waals surface area contributed by atoms with Crippen molar-refractivity contribution in [1.82, 2.24) is 0 Å². The largest absolute Gasteiger partial charge is 0.434 e. The number of ether oxygens (including phenoxy) is 1. The first kappa shape index (κ1) is 13.3. The van der Waals surface area contributed by atoms with Crippen molar-refractivity contribution in [2.45, 2.75) is 20.0 Å². The first-order valence-corrected chi connectivity index (χ1v) is 4.50. The molecule has 94 valence electrons. The van der Waals surface area contributed by atoms with Gasteiger partial charge in [-0.25, -0.2) is 8.78 Å². The maximum Gasteiger partial charge on any atom is 0.387 e. The summed E-state index contributed by atoms with van der Waals surface area (Å²) in [6.45, 7) is -2.24. The van der Waals surface area contributed by atoms with Gasteiger partial charge in [0.25, 0.3) is 6.43 Å². The molecular formula is C10H9F4NO2. The highest BCUT2D eigenvalue weighted by molar-refractivity contribution is 6.01. The molecule has 17 heavy (non-hydrogen) atoms. The van der Waals surface area contributed by atoms with Crippen molar-refractivity contribution >= 4 is 11.5 Å². The molecule has 0 spiro atoms. The average Bonchev–Trinajstić information content (AvgIpc) is 2.18. The van der Waals surface area contributed by atoms with Crippen LogP contribution in [0.25, 0.3) is 0 Å². The lowest BCUT2D eigenvalue weighted by molar-refractivity contribution is -0.0520. The van der Waals surface area contributed by atoms with Crippen LogP contribution in [-0.4, -0.2) is 12.4 Å². The molecule has 7 heteroatoms. The van der Waals surface area contributed by atoms with Gasteiger partial charge in [0.1, 0.15) is 5.75 Å². The second kappa shape index (κ2) is 5.03. The highest BCUT2D eigenvalue weighted by atomic mass is 19.3. The molecule has 0 aliphatic rings. The summed E-state index contributed by atoms with van der Waals surface area (Å²) in [7, 11) is 0. The molecule has 0 unspecified atom stereocenters. The van der Waals surface area contributed by atoms with E-state index < -0.39 is 35.7 Å². The topological polar surface area (TPSA) is 52.3 Å². The second-order valence-corrected chi connectivity index (χ2v) is 3.18. The van der Waals surface area contributed by atoms with Crippen LogP contribution in [0.15, 0.2) is 12.1 Å². The Morgan fingerprint density at radius 3 is 2.29 bits per heavy atom. The smallest absolute Gasteiger partial charge is 0.387 e. The van der Waals surface area contributed by atoms with Crippen molar-refractivity contribution < 1.29 is 27.1 Å². The maximum absolute atomic E-state index is 12.7. The third kappa shape index (κ3) is 2.86. The van der Waals surface area contributed by atoms with Crippen LogP contribution in [0.5, 0.6) is 5.75 Å². The van der Waals surface area contributed by atoms with Crippen LogP contribution in [0.1, 0.15) is 29.3 Å². The predicted molar refractivity (Wildman–Crippen MR) is 52.4 cm³/mol. The number of carbonyl (C=O) groups excluding carboxylic acids is 1. The third-order valence-electron chi connectivity index (χ3n) is 2.02. The van der Waals surface area contributed by atoms with Gasteiger partial charge in [-0.3, -0.25) is 4.79 Å². The summed E-state index contributed by atoms with van der Waals surface area (Å²) < 4.78 is 53.5. The zero-order valence-corrected chi connectivity index (χ0v) is 8.72. The Morgan fingerprint density at radius 2 is 1.88 bits per heavy atom. The number of ketones is 1. The number of benzene rings is 1. The molecule has 3 nitrogen and oxygen atoms in total. The Hall–Kier alpha value is -1.79. The highest BCUT2D eigenvalue weighted by Gasteiger charge is 2.25. The van der Waals surface area contributed by atoms with Gasteiger partial charge in [-0.15, -0.1) is 0 Å². The average molecular weight is 251 g/mol. The lowest BCUT2D eigenvalue weighted by atomic mass is 10.0. The van der Waals surface area contributed by atoms with Crippen LogP contribution < -0.4 is 10.5 Å². The Kier molecular flexibility index (Phi) is 3.93. The van der Waals surface area contributed by atoms with Gasteiger partial charge >= 0.3 is 6.61 Å². The molecule has 0 aliphatic carbocycles. The monoisotopic (exact) mass is 251 g/mol. The molecule has 0 atom stereocenters. The molecule has 0 aromatic heterocycles. The van der Waals surface area contributed by atoms with E-state index in [-0.39, 0.29) is 5.69 Å². The van der Waals surface area contributed by atoms with Crippen molar-refractivity contribution in [2.75, 3.05) is 5.73 Å². The predicted octanol–water partition coefficient (Wildman–Crippen LogP) is 3.01. The van der Waals surface area contributed by atoms with Crippen LogP contribution in [0.3, 0.4) is 0 Å². The van der Waals surface area contributed by atoms with Gasteiger partial charge in [-0.2, -0.15) is 8.78 Å². The molecule has 0 saturated heterocycles. The summed E-state index contributed by atoms with van der Waals surface area (Å²) >= 11 is 0. The highest BCUT2D eigenvalue weighted by Crippen LogP contribution is 2.36. The molecule has 0 heterocycles. The van der Waals surface area contributed by atoms with Crippen LogP contribution in [0.2, 0.25) is 0 Å². The van der Waals surface area contributed by atoms with Crippen molar-refractivity contribution in [1.29, 1.82) is 0 Å². The number of alkyl halides is 4. The fraction of sp³-hybridized carbons (Fsp3) is 0.300. The standard InChI is InChI=1S/C10H9F4NO2/c1-4(16)7-5(15)2-3-6(17-10(13)14)8(7)9(11)12/h2-3,9-10H,15H2,1H3. The van der Waals surface area contributed by atoms with E-state index in [9.17, 15) is 22.4 Å². The Bertz CT molecular complexity index is 435. The maximum atomic E-state index is 12.7. The van der Waals surface area contributed by atoms with E-state index in [1.165, 1.54) is 0 Å². The third-order valence-corrected chi connectivity index (χ3v) is 2.02. The van der Waals surface area contributed by atoms with Crippen LogP contribution in [-0.2, 0) is 0 Å². The molecule has 0 aliphatic heterocycles. The molecule has 0 amide bonds. The SMILES string of the molecule is CC(=O)c1c(N)ccc(OC(F)F)c1C(F)F. The fourth-order valence-corrected chi connectivity index (χ4v) is 1.43. The van der Waals surface area contributed by atoms with Crippen molar-refractivity contribution in [3.05, 3.63) is 23.3 Å². The Balaban J connectivity index is 3.42. The van der Waals surface area contributed by atoms with Crippen LogP contribution >= 0.6 is 0 Å². The Morgan fingerprint density at radius 1 is 1.29 bits per heavy atom. The number of nitrogen functional groups attached to an aromatic ring is 1. The lowest BCUT2D eigenvalue weighted by Gasteiger charge is -2.14. The number of nitrogens with two attached hydrogens (primary N) is 1. The number of carbonyl (C=O) groups is 1. The molecular weight excluding hydrogens is 242 g/mol.